The van der Waals surface area contributed by atoms with Crippen molar-refractivity contribution in [3.05, 3.63) is 59.7 Å². The summed E-state index contributed by atoms with van der Waals surface area (Å²) < 4.78 is 5.49. The Kier molecular flexibility index (Phi) is 5.79. The lowest BCUT2D eigenvalue weighted by molar-refractivity contribution is -0.140. The third kappa shape index (κ3) is 4.19. The smallest absolute Gasteiger partial charge is 0.407 e. The summed E-state index contributed by atoms with van der Waals surface area (Å²) in [6.45, 7) is 0.105. The molecular weight excluding hydrogens is 420 g/mol. The van der Waals surface area contributed by atoms with Gasteiger partial charge in [-0.2, -0.15) is 0 Å². The maximum atomic E-state index is 12.7. The van der Waals surface area contributed by atoms with Gasteiger partial charge in [0, 0.05) is 12.0 Å². The fourth-order valence-corrected chi connectivity index (χ4v) is 5.81. The van der Waals surface area contributed by atoms with Crippen molar-refractivity contribution in [3.63, 3.8) is 0 Å². The second kappa shape index (κ2) is 8.89. The van der Waals surface area contributed by atoms with Gasteiger partial charge in [0.05, 0.1) is 6.42 Å². The quantitative estimate of drug-likeness (QED) is 0.599. The molecule has 3 aliphatic carbocycles. The summed E-state index contributed by atoms with van der Waals surface area (Å²) in [5, 5.41) is 14.7. The van der Waals surface area contributed by atoms with E-state index in [-0.39, 0.29) is 18.6 Å². The number of carbonyl (C=O) groups excluding carboxylic acids is 2. The SMILES string of the molecule is O=C(O)CC(NC(=O)OCC1c2ccccc2-c2ccccc21)C(=O)NC1CC2CCCC21. The number of carboxylic acid groups (broad SMARTS) is 1. The van der Waals surface area contributed by atoms with E-state index >= 15 is 0 Å². The Hall–Kier alpha value is -3.35. The Morgan fingerprint density at radius 1 is 1.00 bits per heavy atom. The number of ether oxygens (including phenoxy) is 1. The number of amides is 2. The largest absolute Gasteiger partial charge is 0.481 e. The highest BCUT2D eigenvalue weighted by Gasteiger charge is 2.45. The van der Waals surface area contributed by atoms with Crippen molar-refractivity contribution in [1.82, 2.24) is 10.6 Å². The molecule has 7 nitrogen and oxygen atoms in total. The highest BCUT2D eigenvalue weighted by molar-refractivity contribution is 5.89. The van der Waals surface area contributed by atoms with E-state index in [1.165, 1.54) is 12.8 Å². The van der Waals surface area contributed by atoms with E-state index in [0.717, 1.165) is 35.1 Å². The van der Waals surface area contributed by atoms with Crippen molar-refractivity contribution in [2.75, 3.05) is 6.61 Å². The molecule has 2 amide bonds. The van der Waals surface area contributed by atoms with Crippen LogP contribution >= 0.6 is 0 Å². The van der Waals surface area contributed by atoms with Crippen molar-refractivity contribution in [2.24, 2.45) is 11.8 Å². The molecule has 0 aromatic heterocycles. The molecule has 2 aromatic carbocycles. The Balaban J connectivity index is 1.21. The first kappa shape index (κ1) is 21.5. The van der Waals surface area contributed by atoms with Gasteiger partial charge in [-0.05, 0) is 46.9 Å². The van der Waals surface area contributed by atoms with Crippen LogP contribution in [0, 0.1) is 11.8 Å². The fourth-order valence-electron chi connectivity index (χ4n) is 5.81. The molecule has 172 valence electrons. The second-order valence-electron chi connectivity index (χ2n) is 9.33. The van der Waals surface area contributed by atoms with Gasteiger partial charge in [0.2, 0.25) is 5.91 Å². The molecule has 0 radical (unpaired) electrons. The summed E-state index contributed by atoms with van der Waals surface area (Å²) in [7, 11) is 0. The lowest BCUT2D eigenvalue weighted by Gasteiger charge is -2.41. The van der Waals surface area contributed by atoms with Crippen LogP contribution in [0.15, 0.2) is 48.5 Å². The number of hydrogen-bond acceptors (Lipinski definition) is 4. The zero-order chi connectivity index (χ0) is 22.9. The minimum Gasteiger partial charge on any atom is -0.481 e. The normalized spacial score (nSPS) is 23.5. The van der Waals surface area contributed by atoms with Gasteiger partial charge < -0.3 is 20.5 Å². The topological polar surface area (TPSA) is 105 Å². The molecule has 2 saturated carbocycles. The van der Waals surface area contributed by atoms with Crippen LogP contribution in [-0.2, 0) is 14.3 Å². The number of carboxylic acids is 1. The van der Waals surface area contributed by atoms with Gasteiger partial charge in [-0.25, -0.2) is 4.79 Å². The zero-order valence-corrected chi connectivity index (χ0v) is 18.3. The molecule has 0 aliphatic heterocycles. The Morgan fingerprint density at radius 2 is 1.67 bits per heavy atom. The van der Waals surface area contributed by atoms with Crippen molar-refractivity contribution in [3.8, 4) is 11.1 Å². The van der Waals surface area contributed by atoms with Gasteiger partial charge >= 0.3 is 12.1 Å². The maximum Gasteiger partial charge on any atom is 0.407 e. The summed E-state index contributed by atoms with van der Waals surface area (Å²) in [5.74, 6) is -0.566. The standard InChI is InChI=1S/C26H28N2O5/c29-24(30)13-23(25(31)27-22-12-15-6-5-11-16(15)22)28-26(32)33-14-21-19-9-3-1-7-17(19)18-8-2-4-10-20(18)21/h1-4,7-10,15-16,21-23H,5-6,11-14H2,(H,27,31)(H,28,32)(H,29,30). The molecule has 2 aromatic rings. The monoisotopic (exact) mass is 448 g/mol. The lowest BCUT2D eigenvalue weighted by atomic mass is 9.71. The number of fused-ring (bicyclic) bond motifs is 4. The first-order valence-corrected chi connectivity index (χ1v) is 11.6. The molecule has 2 fully saturated rings. The van der Waals surface area contributed by atoms with Crippen molar-refractivity contribution in [1.29, 1.82) is 0 Å². The van der Waals surface area contributed by atoms with Crippen LogP contribution in [0.2, 0.25) is 0 Å². The third-order valence-electron chi connectivity index (χ3n) is 7.45. The molecule has 3 N–H and O–H groups in total. The average Bonchev–Trinajstić information content (AvgIpc) is 3.33. The van der Waals surface area contributed by atoms with Gasteiger partial charge in [-0.1, -0.05) is 61.4 Å². The van der Waals surface area contributed by atoms with Crippen LogP contribution in [-0.4, -0.2) is 41.8 Å². The van der Waals surface area contributed by atoms with E-state index < -0.39 is 30.4 Å². The molecule has 3 aliphatic rings. The highest BCUT2D eigenvalue weighted by atomic mass is 16.5. The van der Waals surface area contributed by atoms with Gasteiger partial charge in [-0.15, -0.1) is 0 Å². The summed E-state index contributed by atoms with van der Waals surface area (Å²) in [5.41, 5.74) is 4.41. The van der Waals surface area contributed by atoms with E-state index in [4.69, 9.17) is 4.74 Å². The third-order valence-corrected chi connectivity index (χ3v) is 7.45. The van der Waals surface area contributed by atoms with Crippen LogP contribution in [0.1, 0.15) is 49.1 Å². The van der Waals surface area contributed by atoms with E-state index in [2.05, 4.69) is 22.8 Å². The molecule has 7 heteroatoms. The van der Waals surface area contributed by atoms with E-state index in [1.807, 2.05) is 36.4 Å². The minimum atomic E-state index is -1.17. The molecule has 0 bridgehead atoms. The number of rotatable bonds is 7. The zero-order valence-electron chi connectivity index (χ0n) is 18.3. The number of benzene rings is 2. The van der Waals surface area contributed by atoms with Crippen LogP contribution in [0.25, 0.3) is 11.1 Å². The van der Waals surface area contributed by atoms with Crippen molar-refractivity contribution >= 4 is 18.0 Å². The predicted octanol–water partition coefficient (Wildman–Crippen LogP) is 3.67. The lowest BCUT2D eigenvalue weighted by Crippen LogP contribution is -2.56. The number of alkyl carbamates (subject to hydrolysis) is 1. The summed E-state index contributed by atoms with van der Waals surface area (Å²) in [4.78, 5) is 36.6. The molecule has 0 saturated heterocycles. The van der Waals surface area contributed by atoms with E-state index in [9.17, 15) is 19.5 Å². The first-order valence-electron chi connectivity index (χ1n) is 11.6. The van der Waals surface area contributed by atoms with Crippen molar-refractivity contribution in [2.45, 2.75) is 50.1 Å². The number of carbonyl (C=O) groups is 3. The summed E-state index contributed by atoms with van der Waals surface area (Å²) in [6.07, 6.45) is 3.13. The van der Waals surface area contributed by atoms with E-state index in [0.29, 0.717) is 11.8 Å². The molecule has 4 unspecified atom stereocenters. The number of aliphatic carboxylic acids is 1. The summed E-state index contributed by atoms with van der Waals surface area (Å²) in [6, 6.07) is 14.9. The van der Waals surface area contributed by atoms with Crippen LogP contribution in [0.4, 0.5) is 4.79 Å². The Morgan fingerprint density at radius 3 is 2.30 bits per heavy atom. The molecule has 0 spiro atoms. The summed E-state index contributed by atoms with van der Waals surface area (Å²) >= 11 is 0. The van der Waals surface area contributed by atoms with E-state index in [1.54, 1.807) is 0 Å². The minimum absolute atomic E-state index is 0.0746. The van der Waals surface area contributed by atoms with Gasteiger partial charge in [0.15, 0.2) is 0 Å². The predicted molar refractivity (Wildman–Crippen MR) is 122 cm³/mol. The molecule has 33 heavy (non-hydrogen) atoms. The first-order chi connectivity index (χ1) is 16.0. The highest BCUT2D eigenvalue weighted by Crippen LogP contribution is 2.47. The Bertz CT molecular complexity index is 1040. The molecule has 0 heterocycles. The van der Waals surface area contributed by atoms with Gasteiger partial charge in [0.25, 0.3) is 0 Å². The van der Waals surface area contributed by atoms with Crippen LogP contribution < -0.4 is 10.6 Å². The second-order valence-corrected chi connectivity index (χ2v) is 9.33. The number of hydrogen-bond donors (Lipinski definition) is 3. The number of nitrogens with one attached hydrogen (secondary N) is 2. The van der Waals surface area contributed by atoms with Crippen LogP contribution in [0.5, 0.6) is 0 Å². The van der Waals surface area contributed by atoms with Crippen LogP contribution in [0.3, 0.4) is 0 Å². The molecule has 5 rings (SSSR count). The van der Waals surface area contributed by atoms with Crippen molar-refractivity contribution < 1.29 is 24.2 Å². The van der Waals surface area contributed by atoms with Gasteiger partial charge in [0.1, 0.15) is 12.6 Å². The van der Waals surface area contributed by atoms with Gasteiger partial charge in [-0.3, -0.25) is 9.59 Å². The maximum absolute atomic E-state index is 12.7. The Labute approximate surface area is 192 Å². The average molecular weight is 449 g/mol. The molecule has 4 atom stereocenters. The molecular formula is C26H28N2O5. The fraction of sp³-hybridized carbons (Fsp3) is 0.423.